The fourth-order valence-electron chi connectivity index (χ4n) is 3.57. The molecule has 2 aromatic carbocycles. The van der Waals surface area contributed by atoms with Crippen molar-refractivity contribution in [1.29, 1.82) is 0 Å². The van der Waals surface area contributed by atoms with E-state index in [1.807, 2.05) is 49.4 Å². The number of hydrogen-bond donors (Lipinski definition) is 0. The van der Waals surface area contributed by atoms with Gasteiger partial charge in [0.25, 0.3) is 0 Å². The molecule has 0 saturated heterocycles. The van der Waals surface area contributed by atoms with Crippen LogP contribution in [-0.2, 0) is 10.3 Å². The number of hydrogen-bond acceptors (Lipinski definition) is 5. The predicted molar refractivity (Wildman–Crippen MR) is 119 cm³/mol. The predicted octanol–water partition coefficient (Wildman–Crippen LogP) is 6.26. The van der Waals surface area contributed by atoms with E-state index >= 15 is 0 Å². The first-order chi connectivity index (χ1) is 14.0. The standard InChI is InChI=1S/C24H28O5Si/c1-23(2,3)30(6,7)29-16-13-17-19-21(27-20(17)18(14-16)26-5)24(4,28-22(19)25)15-11-9-8-10-12-15/h8-14H,1-7H3. The molecule has 0 spiro atoms. The fourth-order valence-corrected chi connectivity index (χ4v) is 4.58. The molecule has 3 aromatic rings. The summed E-state index contributed by atoms with van der Waals surface area (Å²) in [7, 11) is -0.484. The molecule has 1 atom stereocenters. The van der Waals surface area contributed by atoms with Gasteiger partial charge in [0.2, 0.25) is 8.32 Å². The number of methoxy groups -OCH3 is 1. The molecule has 30 heavy (non-hydrogen) atoms. The smallest absolute Gasteiger partial charge is 0.343 e. The molecule has 5 nitrogen and oxygen atoms in total. The van der Waals surface area contributed by atoms with Gasteiger partial charge in [-0.15, -0.1) is 0 Å². The van der Waals surface area contributed by atoms with E-state index in [9.17, 15) is 4.79 Å². The maximum atomic E-state index is 12.9. The van der Waals surface area contributed by atoms with E-state index in [1.54, 1.807) is 7.11 Å². The molecule has 1 aliphatic rings. The first-order valence-electron chi connectivity index (χ1n) is 10.1. The number of carbonyl (C=O) groups is 1. The number of fused-ring (bicyclic) bond motifs is 3. The van der Waals surface area contributed by atoms with Gasteiger partial charge in [-0.3, -0.25) is 0 Å². The third kappa shape index (κ3) is 3.01. The van der Waals surface area contributed by atoms with Crippen molar-refractivity contribution in [1.82, 2.24) is 0 Å². The Morgan fingerprint density at radius 3 is 2.33 bits per heavy atom. The topological polar surface area (TPSA) is 57.9 Å². The molecule has 158 valence electrons. The summed E-state index contributed by atoms with van der Waals surface area (Å²) in [5.74, 6) is 1.31. The Hall–Kier alpha value is -2.73. The molecule has 4 rings (SSSR count). The van der Waals surface area contributed by atoms with Gasteiger partial charge in [0, 0.05) is 17.0 Å². The summed E-state index contributed by atoms with van der Waals surface area (Å²) in [5.41, 5.74) is 0.838. The van der Waals surface area contributed by atoms with Crippen LogP contribution in [-0.4, -0.2) is 21.4 Å². The molecular formula is C24H28O5Si. The second-order valence-corrected chi connectivity index (χ2v) is 14.2. The summed E-state index contributed by atoms with van der Waals surface area (Å²) in [6, 6.07) is 13.3. The average Bonchev–Trinajstić information content (AvgIpc) is 3.18. The molecule has 0 aliphatic carbocycles. The van der Waals surface area contributed by atoms with Gasteiger partial charge < -0.3 is 18.3 Å². The van der Waals surface area contributed by atoms with Crippen molar-refractivity contribution in [3.05, 3.63) is 59.4 Å². The quantitative estimate of drug-likeness (QED) is 0.365. The Labute approximate surface area is 178 Å². The number of cyclic esters (lactones) is 1. The summed E-state index contributed by atoms with van der Waals surface area (Å²) in [6.07, 6.45) is 0. The van der Waals surface area contributed by atoms with Crippen LogP contribution in [0.25, 0.3) is 11.0 Å². The number of ether oxygens (including phenoxy) is 2. The second kappa shape index (κ2) is 6.64. The van der Waals surface area contributed by atoms with Crippen molar-refractivity contribution in [3.63, 3.8) is 0 Å². The van der Waals surface area contributed by atoms with Gasteiger partial charge in [-0.2, -0.15) is 0 Å². The highest BCUT2D eigenvalue weighted by molar-refractivity contribution is 6.74. The van der Waals surface area contributed by atoms with Crippen LogP contribution in [0.15, 0.2) is 46.9 Å². The zero-order valence-electron chi connectivity index (χ0n) is 18.6. The lowest BCUT2D eigenvalue weighted by atomic mass is 9.92. The largest absolute Gasteiger partial charge is 0.543 e. The van der Waals surface area contributed by atoms with Crippen LogP contribution in [0.5, 0.6) is 11.5 Å². The van der Waals surface area contributed by atoms with E-state index in [4.69, 9.17) is 18.3 Å². The van der Waals surface area contributed by atoms with Crippen molar-refractivity contribution < 1.29 is 23.1 Å². The monoisotopic (exact) mass is 424 g/mol. The molecule has 0 fully saturated rings. The van der Waals surface area contributed by atoms with Crippen molar-refractivity contribution in [3.8, 4) is 11.5 Å². The second-order valence-electron chi connectivity index (χ2n) is 9.46. The van der Waals surface area contributed by atoms with Crippen LogP contribution in [0.2, 0.25) is 18.1 Å². The lowest BCUT2D eigenvalue weighted by Crippen LogP contribution is -2.43. The lowest BCUT2D eigenvalue weighted by molar-refractivity contribution is 0.0124. The normalized spacial score (nSPS) is 19.0. The Bertz CT molecular complexity index is 1120. The van der Waals surface area contributed by atoms with Crippen molar-refractivity contribution in [2.75, 3.05) is 7.11 Å². The van der Waals surface area contributed by atoms with Crippen LogP contribution in [0.4, 0.5) is 0 Å². The molecule has 0 N–H and O–H groups in total. The van der Waals surface area contributed by atoms with Gasteiger partial charge in [0.1, 0.15) is 11.3 Å². The van der Waals surface area contributed by atoms with Crippen LogP contribution >= 0.6 is 0 Å². The van der Waals surface area contributed by atoms with Gasteiger partial charge in [0.15, 0.2) is 22.7 Å². The Balaban J connectivity index is 1.90. The molecule has 0 radical (unpaired) electrons. The number of esters is 1. The molecule has 1 unspecified atom stereocenters. The molecule has 1 aromatic heterocycles. The molecule has 0 bridgehead atoms. The van der Waals surface area contributed by atoms with Gasteiger partial charge in [-0.25, -0.2) is 4.79 Å². The van der Waals surface area contributed by atoms with E-state index in [0.717, 1.165) is 5.56 Å². The van der Waals surface area contributed by atoms with Gasteiger partial charge in [-0.1, -0.05) is 51.1 Å². The highest BCUT2D eigenvalue weighted by Gasteiger charge is 2.48. The molecule has 6 heteroatoms. The number of rotatable bonds is 4. The molecule has 1 aliphatic heterocycles. The molecule has 2 heterocycles. The number of benzene rings is 2. The van der Waals surface area contributed by atoms with E-state index in [0.29, 0.717) is 33.8 Å². The Kier molecular flexibility index (Phi) is 4.54. The first kappa shape index (κ1) is 20.5. The third-order valence-electron chi connectivity index (χ3n) is 6.39. The highest BCUT2D eigenvalue weighted by atomic mass is 28.4. The maximum absolute atomic E-state index is 12.9. The Morgan fingerprint density at radius 2 is 1.73 bits per heavy atom. The molecule has 0 amide bonds. The number of carbonyl (C=O) groups excluding carboxylic acids is 1. The maximum Gasteiger partial charge on any atom is 0.343 e. The third-order valence-corrected chi connectivity index (χ3v) is 10.7. The van der Waals surface area contributed by atoms with Crippen LogP contribution in [0, 0.1) is 0 Å². The summed E-state index contributed by atoms with van der Waals surface area (Å²) in [4.78, 5) is 12.9. The van der Waals surface area contributed by atoms with Crippen LogP contribution in [0.1, 0.15) is 49.4 Å². The first-order valence-corrected chi connectivity index (χ1v) is 13.0. The fraction of sp³-hybridized carbons (Fsp3) is 0.375. The van der Waals surface area contributed by atoms with Crippen molar-refractivity contribution in [2.24, 2.45) is 0 Å². The van der Waals surface area contributed by atoms with E-state index < -0.39 is 19.9 Å². The minimum Gasteiger partial charge on any atom is -0.543 e. The zero-order chi connectivity index (χ0) is 21.9. The lowest BCUT2D eigenvalue weighted by Gasteiger charge is -2.36. The summed E-state index contributed by atoms with van der Waals surface area (Å²) >= 11 is 0. The zero-order valence-corrected chi connectivity index (χ0v) is 19.6. The van der Waals surface area contributed by atoms with Crippen molar-refractivity contribution in [2.45, 2.75) is 51.4 Å². The van der Waals surface area contributed by atoms with Gasteiger partial charge in [0.05, 0.1) is 7.11 Å². The Morgan fingerprint density at radius 1 is 1.07 bits per heavy atom. The minimum absolute atomic E-state index is 0.0400. The highest BCUT2D eigenvalue weighted by Crippen LogP contribution is 2.49. The summed E-state index contributed by atoms with van der Waals surface area (Å²) < 4.78 is 24.1. The summed E-state index contributed by atoms with van der Waals surface area (Å²) in [6.45, 7) is 12.8. The van der Waals surface area contributed by atoms with E-state index in [2.05, 4.69) is 33.9 Å². The molecule has 0 saturated carbocycles. The summed E-state index contributed by atoms with van der Waals surface area (Å²) in [5, 5.41) is 0.695. The van der Waals surface area contributed by atoms with Gasteiger partial charge >= 0.3 is 5.97 Å². The van der Waals surface area contributed by atoms with Crippen LogP contribution in [0.3, 0.4) is 0 Å². The SMILES string of the molecule is COc1cc(O[Si](C)(C)C(C)(C)C)cc2c3c(oc12)C(C)(c1ccccc1)OC3=O. The van der Waals surface area contributed by atoms with Crippen LogP contribution < -0.4 is 9.16 Å². The van der Waals surface area contributed by atoms with E-state index in [1.165, 1.54) is 0 Å². The number of furan rings is 1. The minimum atomic E-state index is -2.07. The molecular weight excluding hydrogens is 396 g/mol. The van der Waals surface area contributed by atoms with Gasteiger partial charge in [-0.05, 0) is 31.1 Å². The van der Waals surface area contributed by atoms with Crippen molar-refractivity contribution >= 4 is 25.3 Å². The van der Waals surface area contributed by atoms with E-state index in [-0.39, 0.29) is 5.04 Å². The average molecular weight is 425 g/mol.